The molecule has 0 aromatic rings. The molecular formula is C6H12O3. The van der Waals surface area contributed by atoms with E-state index in [1.54, 1.807) is 7.11 Å². The highest BCUT2D eigenvalue weighted by Gasteiger charge is 2.19. The molecule has 1 aliphatic rings. The van der Waals surface area contributed by atoms with E-state index < -0.39 is 0 Å². The van der Waals surface area contributed by atoms with Gasteiger partial charge in [0.25, 0.3) is 0 Å². The standard InChI is InChI=1S/C6H12O3/c1-8-6-2-5(7)3-9-4-6/h5-7H,2-4H2,1H3/t5?,6-/m1/s1. The Hall–Kier alpha value is -0.120. The van der Waals surface area contributed by atoms with Gasteiger partial charge in [-0.25, -0.2) is 0 Å². The van der Waals surface area contributed by atoms with Crippen LogP contribution in [0.3, 0.4) is 0 Å². The molecule has 1 saturated heterocycles. The number of rotatable bonds is 1. The summed E-state index contributed by atoms with van der Waals surface area (Å²) in [6, 6.07) is 0. The zero-order chi connectivity index (χ0) is 6.69. The highest BCUT2D eigenvalue weighted by atomic mass is 16.5. The van der Waals surface area contributed by atoms with Crippen molar-refractivity contribution in [3.63, 3.8) is 0 Å². The molecule has 0 spiro atoms. The fourth-order valence-corrected chi connectivity index (χ4v) is 0.939. The van der Waals surface area contributed by atoms with Gasteiger partial charge < -0.3 is 14.6 Å². The molecule has 1 unspecified atom stereocenters. The van der Waals surface area contributed by atoms with Crippen molar-refractivity contribution in [2.24, 2.45) is 0 Å². The Labute approximate surface area is 54.6 Å². The van der Waals surface area contributed by atoms with Crippen molar-refractivity contribution < 1.29 is 14.6 Å². The van der Waals surface area contributed by atoms with E-state index in [-0.39, 0.29) is 12.2 Å². The average molecular weight is 132 g/mol. The summed E-state index contributed by atoms with van der Waals surface area (Å²) in [5, 5.41) is 9.01. The van der Waals surface area contributed by atoms with Gasteiger partial charge in [-0.05, 0) is 0 Å². The smallest absolute Gasteiger partial charge is 0.0830 e. The zero-order valence-electron chi connectivity index (χ0n) is 5.54. The van der Waals surface area contributed by atoms with Gasteiger partial charge in [-0.15, -0.1) is 0 Å². The van der Waals surface area contributed by atoms with Crippen molar-refractivity contribution in [3.8, 4) is 0 Å². The summed E-state index contributed by atoms with van der Waals surface area (Å²) in [5.41, 5.74) is 0. The highest BCUT2D eigenvalue weighted by molar-refractivity contribution is 4.68. The maximum Gasteiger partial charge on any atom is 0.0830 e. The molecule has 0 amide bonds. The topological polar surface area (TPSA) is 38.7 Å². The van der Waals surface area contributed by atoms with Gasteiger partial charge in [0.15, 0.2) is 0 Å². The number of aliphatic hydroxyl groups is 1. The lowest BCUT2D eigenvalue weighted by molar-refractivity contribution is -0.0856. The van der Waals surface area contributed by atoms with Crippen LogP contribution in [0.25, 0.3) is 0 Å². The van der Waals surface area contributed by atoms with Crippen LogP contribution in [0, 0.1) is 0 Å². The zero-order valence-corrected chi connectivity index (χ0v) is 5.54. The molecule has 1 N–H and O–H groups in total. The number of hydrogen-bond donors (Lipinski definition) is 1. The first-order valence-electron chi connectivity index (χ1n) is 3.11. The fraction of sp³-hybridized carbons (Fsp3) is 1.00. The minimum atomic E-state index is -0.330. The van der Waals surface area contributed by atoms with Crippen LogP contribution in [-0.4, -0.2) is 37.6 Å². The maximum atomic E-state index is 9.01. The van der Waals surface area contributed by atoms with Crippen LogP contribution in [0.2, 0.25) is 0 Å². The molecule has 0 aromatic carbocycles. The molecule has 1 heterocycles. The number of aliphatic hydroxyl groups excluding tert-OH is 1. The highest BCUT2D eigenvalue weighted by Crippen LogP contribution is 2.08. The Morgan fingerprint density at radius 2 is 2.33 bits per heavy atom. The van der Waals surface area contributed by atoms with E-state index in [1.807, 2.05) is 0 Å². The number of hydrogen-bond acceptors (Lipinski definition) is 3. The number of methoxy groups -OCH3 is 1. The van der Waals surface area contributed by atoms with Crippen molar-refractivity contribution in [3.05, 3.63) is 0 Å². The first-order chi connectivity index (χ1) is 4.33. The second-order valence-corrected chi connectivity index (χ2v) is 2.28. The SMILES string of the molecule is CO[C@H]1COCC(O)C1. The summed E-state index contributed by atoms with van der Waals surface area (Å²) in [6.45, 7) is 1.08. The van der Waals surface area contributed by atoms with Gasteiger partial charge >= 0.3 is 0 Å². The third kappa shape index (κ3) is 1.93. The monoisotopic (exact) mass is 132 g/mol. The van der Waals surface area contributed by atoms with Crippen molar-refractivity contribution in [2.45, 2.75) is 18.6 Å². The van der Waals surface area contributed by atoms with Gasteiger partial charge in [0.05, 0.1) is 25.4 Å². The molecule has 3 nitrogen and oxygen atoms in total. The molecule has 0 saturated carbocycles. The van der Waals surface area contributed by atoms with E-state index >= 15 is 0 Å². The Kier molecular flexibility index (Phi) is 2.45. The summed E-state index contributed by atoms with van der Waals surface area (Å²) in [7, 11) is 1.63. The third-order valence-corrected chi connectivity index (χ3v) is 1.48. The van der Waals surface area contributed by atoms with Crippen LogP contribution in [0.4, 0.5) is 0 Å². The van der Waals surface area contributed by atoms with Gasteiger partial charge in [-0.1, -0.05) is 0 Å². The first kappa shape index (κ1) is 6.99. The Balaban J connectivity index is 2.23. The lowest BCUT2D eigenvalue weighted by atomic mass is 10.1. The summed E-state index contributed by atoms with van der Waals surface area (Å²) in [5.74, 6) is 0. The first-order valence-corrected chi connectivity index (χ1v) is 3.11. The Morgan fingerprint density at radius 3 is 2.78 bits per heavy atom. The van der Waals surface area contributed by atoms with Gasteiger partial charge in [0.2, 0.25) is 0 Å². The van der Waals surface area contributed by atoms with Crippen LogP contribution in [0.5, 0.6) is 0 Å². The average Bonchev–Trinajstić information content (AvgIpc) is 1.88. The van der Waals surface area contributed by atoms with Crippen molar-refractivity contribution in [1.82, 2.24) is 0 Å². The number of ether oxygens (including phenoxy) is 2. The summed E-state index contributed by atoms with van der Waals surface area (Å²) in [6.07, 6.45) is 0.466. The van der Waals surface area contributed by atoms with Crippen molar-refractivity contribution in [2.75, 3.05) is 20.3 Å². The van der Waals surface area contributed by atoms with E-state index in [0.29, 0.717) is 19.6 Å². The lowest BCUT2D eigenvalue weighted by Gasteiger charge is -2.24. The molecule has 1 rings (SSSR count). The predicted octanol–water partition coefficient (Wildman–Crippen LogP) is -0.217. The minimum Gasteiger partial charge on any atom is -0.391 e. The van der Waals surface area contributed by atoms with Gasteiger partial charge in [-0.2, -0.15) is 0 Å². The van der Waals surface area contributed by atoms with Crippen LogP contribution >= 0.6 is 0 Å². The van der Waals surface area contributed by atoms with Gasteiger partial charge in [-0.3, -0.25) is 0 Å². The predicted molar refractivity (Wildman–Crippen MR) is 32.2 cm³/mol. The summed E-state index contributed by atoms with van der Waals surface area (Å²) >= 11 is 0. The van der Waals surface area contributed by atoms with Crippen LogP contribution < -0.4 is 0 Å². The van der Waals surface area contributed by atoms with Crippen LogP contribution in [0.1, 0.15) is 6.42 Å². The normalized spacial score (nSPS) is 36.7. The summed E-state index contributed by atoms with van der Waals surface area (Å²) in [4.78, 5) is 0. The molecule has 0 radical (unpaired) electrons. The molecule has 0 bridgehead atoms. The quantitative estimate of drug-likeness (QED) is 0.536. The molecular weight excluding hydrogens is 120 g/mol. The molecule has 1 fully saturated rings. The van der Waals surface area contributed by atoms with Gasteiger partial charge in [0, 0.05) is 13.5 Å². The molecule has 0 aromatic heterocycles. The van der Waals surface area contributed by atoms with Gasteiger partial charge in [0.1, 0.15) is 0 Å². The molecule has 9 heavy (non-hydrogen) atoms. The second kappa shape index (κ2) is 3.15. The van der Waals surface area contributed by atoms with Crippen molar-refractivity contribution in [1.29, 1.82) is 0 Å². The van der Waals surface area contributed by atoms with Crippen molar-refractivity contribution >= 4 is 0 Å². The molecule has 0 aliphatic carbocycles. The molecule has 3 heteroatoms. The maximum absolute atomic E-state index is 9.01. The van der Waals surface area contributed by atoms with E-state index in [4.69, 9.17) is 14.6 Å². The Bertz CT molecular complexity index is 84.4. The fourth-order valence-electron chi connectivity index (χ4n) is 0.939. The molecule has 54 valence electrons. The Morgan fingerprint density at radius 1 is 1.56 bits per heavy atom. The lowest BCUT2D eigenvalue weighted by Crippen LogP contribution is -2.33. The summed E-state index contributed by atoms with van der Waals surface area (Å²) < 4.78 is 9.99. The second-order valence-electron chi connectivity index (χ2n) is 2.28. The van der Waals surface area contributed by atoms with Crippen LogP contribution in [-0.2, 0) is 9.47 Å². The third-order valence-electron chi connectivity index (χ3n) is 1.48. The van der Waals surface area contributed by atoms with E-state index in [2.05, 4.69) is 0 Å². The largest absolute Gasteiger partial charge is 0.391 e. The van der Waals surface area contributed by atoms with E-state index in [0.717, 1.165) is 0 Å². The molecule has 1 aliphatic heterocycles. The molecule has 2 atom stereocenters. The van der Waals surface area contributed by atoms with Crippen LogP contribution in [0.15, 0.2) is 0 Å². The van der Waals surface area contributed by atoms with E-state index in [1.165, 1.54) is 0 Å². The minimum absolute atomic E-state index is 0.0914. The van der Waals surface area contributed by atoms with E-state index in [9.17, 15) is 0 Å².